The minimum atomic E-state index is 0. The third kappa shape index (κ3) is 8.60. The van der Waals surface area contributed by atoms with E-state index in [1.165, 1.54) is 45.2 Å². The van der Waals surface area contributed by atoms with Crippen LogP contribution in [0.5, 0.6) is 0 Å². The number of ether oxygens (including phenoxy) is 1. The van der Waals surface area contributed by atoms with Crippen LogP contribution in [0.2, 0.25) is 0 Å². The van der Waals surface area contributed by atoms with E-state index < -0.39 is 0 Å². The molecule has 3 heterocycles. The Labute approximate surface area is 182 Å². The maximum absolute atomic E-state index is 12.3. The van der Waals surface area contributed by atoms with Crippen molar-refractivity contribution in [3.8, 4) is 0 Å². The quantitative estimate of drug-likeness (QED) is 0.694. The Hall–Kier alpha value is 0.180. The number of carbonyl (C=O) groups excluding carboxylic acids is 1. The lowest BCUT2D eigenvalue weighted by Gasteiger charge is -2.42. The number of likely N-dealkylation sites (tertiary alicyclic amines) is 1. The Balaban J connectivity index is 0.00000225. The van der Waals surface area contributed by atoms with Gasteiger partial charge in [-0.1, -0.05) is 6.42 Å². The second-order valence-corrected chi connectivity index (χ2v) is 7.61. The summed E-state index contributed by atoms with van der Waals surface area (Å²) in [7, 11) is 2.20. The molecule has 0 spiro atoms. The lowest BCUT2D eigenvalue weighted by molar-refractivity contribution is -0.138. The van der Waals surface area contributed by atoms with E-state index in [1.54, 1.807) is 0 Å². The molecule has 0 saturated carbocycles. The zero-order valence-corrected chi connectivity index (χ0v) is 18.9. The molecule has 3 aliphatic heterocycles. The van der Waals surface area contributed by atoms with Gasteiger partial charge in [-0.2, -0.15) is 0 Å². The van der Waals surface area contributed by atoms with Crippen LogP contribution in [-0.2, 0) is 9.53 Å². The topological polar surface area (TPSA) is 48.0 Å². The van der Waals surface area contributed by atoms with Gasteiger partial charge in [0.05, 0.1) is 6.61 Å². The minimum Gasteiger partial charge on any atom is -0.370 e. The molecule has 0 aromatic rings. The molecule has 3 fully saturated rings. The van der Waals surface area contributed by atoms with Crippen molar-refractivity contribution in [3.05, 3.63) is 0 Å². The van der Waals surface area contributed by atoms with Crippen molar-refractivity contribution in [2.75, 3.05) is 66.1 Å². The molecular weight excluding hydrogens is 411 g/mol. The lowest BCUT2D eigenvalue weighted by atomic mass is 10.0. The van der Waals surface area contributed by atoms with E-state index in [9.17, 15) is 4.79 Å². The molecule has 1 unspecified atom stereocenters. The summed E-state index contributed by atoms with van der Waals surface area (Å²) >= 11 is 0. The zero-order valence-electron chi connectivity index (χ0n) is 16.4. The molecule has 9 heteroatoms. The van der Waals surface area contributed by atoms with E-state index in [1.807, 2.05) is 4.90 Å². The number of rotatable bonds is 5. The van der Waals surface area contributed by atoms with Crippen molar-refractivity contribution in [1.82, 2.24) is 20.0 Å². The predicted molar refractivity (Wildman–Crippen MR) is 117 cm³/mol. The summed E-state index contributed by atoms with van der Waals surface area (Å²) in [6.07, 6.45) is 6.23. The number of hydrogen-bond donors (Lipinski definition) is 1. The maximum atomic E-state index is 12.3. The van der Waals surface area contributed by atoms with Crippen LogP contribution < -0.4 is 5.32 Å². The third-order valence-corrected chi connectivity index (χ3v) is 5.83. The van der Waals surface area contributed by atoms with Crippen LogP contribution in [0.3, 0.4) is 0 Å². The molecule has 0 aromatic carbocycles. The Morgan fingerprint density at radius 3 is 2.22 bits per heavy atom. The molecule has 1 N–H and O–H groups in total. The number of nitrogens with zero attached hydrogens (tertiary/aromatic N) is 3. The summed E-state index contributed by atoms with van der Waals surface area (Å²) < 4.78 is 5.67. The Kier molecular flexibility index (Phi) is 14.3. The zero-order chi connectivity index (χ0) is 16.8. The van der Waals surface area contributed by atoms with Crippen LogP contribution in [0.15, 0.2) is 0 Å². The van der Waals surface area contributed by atoms with Crippen molar-refractivity contribution in [1.29, 1.82) is 0 Å². The first-order chi connectivity index (χ1) is 11.7. The van der Waals surface area contributed by atoms with Gasteiger partial charge in [-0.15, -0.1) is 37.2 Å². The maximum Gasteiger partial charge on any atom is 0.248 e. The first-order valence-electron chi connectivity index (χ1n) is 9.74. The molecule has 3 rings (SSSR count). The van der Waals surface area contributed by atoms with E-state index in [0.29, 0.717) is 18.7 Å². The van der Waals surface area contributed by atoms with Crippen LogP contribution >= 0.6 is 37.2 Å². The summed E-state index contributed by atoms with van der Waals surface area (Å²) in [5.74, 6) is 0.161. The fourth-order valence-corrected chi connectivity index (χ4v) is 4.14. The number of nitrogens with one attached hydrogen (secondary N) is 1. The summed E-state index contributed by atoms with van der Waals surface area (Å²) in [5, 5.41) is 3.46. The van der Waals surface area contributed by atoms with Gasteiger partial charge in [-0.3, -0.25) is 9.69 Å². The van der Waals surface area contributed by atoms with E-state index in [4.69, 9.17) is 4.74 Å². The highest BCUT2D eigenvalue weighted by atomic mass is 35.5. The number of hydrogen-bond acceptors (Lipinski definition) is 5. The normalized spacial score (nSPS) is 25.1. The summed E-state index contributed by atoms with van der Waals surface area (Å²) in [5.41, 5.74) is 0. The van der Waals surface area contributed by atoms with Gasteiger partial charge in [0, 0.05) is 38.3 Å². The van der Waals surface area contributed by atoms with Gasteiger partial charge >= 0.3 is 0 Å². The monoisotopic (exact) mass is 446 g/mol. The molecular formula is C18H37Cl3N4O2. The fraction of sp³-hybridized carbons (Fsp3) is 0.944. The number of amides is 1. The molecule has 1 atom stereocenters. The van der Waals surface area contributed by atoms with Crippen molar-refractivity contribution < 1.29 is 9.53 Å². The van der Waals surface area contributed by atoms with Crippen LogP contribution in [-0.4, -0.2) is 98.8 Å². The predicted octanol–water partition coefficient (Wildman–Crippen LogP) is 1.65. The second kappa shape index (κ2) is 14.2. The highest BCUT2D eigenvalue weighted by Crippen LogP contribution is 2.17. The first-order valence-corrected chi connectivity index (χ1v) is 9.74. The number of piperazine rings is 1. The molecule has 162 valence electrons. The van der Waals surface area contributed by atoms with Gasteiger partial charge in [-0.25, -0.2) is 0 Å². The smallest absolute Gasteiger partial charge is 0.248 e. The largest absolute Gasteiger partial charge is 0.370 e. The van der Waals surface area contributed by atoms with Crippen molar-refractivity contribution in [3.63, 3.8) is 0 Å². The number of halogens is 3. The number of carbonyl (C=O) groups is 1. The first kappa shape index (κ1) is 27.2. The van der Waals surface area contributed by atoms with E-state index >= 15 is 0 Å². The highest BCUT2D eigenvalue weighted by Gasteiger charge is 2.28. The molecule has 0 aliphatic carbocycles. The third-order valence-electron chi connectivity index (χ3n) is 5.83. The van der Waals surface area contributed by atoms with Crippen molar-refractivity contribution in [2.24, 2.45) is 0 Å². The molecule has 1 amide bonds. The van der Waals surface area contributed by atoms with Crippen LogP contribution in [0.1, 0.15) is 32.1 Å². The average molecular weight is 448 g/mol. The average Bonchev–Trinajstić information content (AvgIpc) is 2.63. The second-order valence-electron chi connectivity index (χ2n) is 7.61. The summed E-state index contributed by atoms with van der Waals surface area (Å²) in [6.45, 7) is 8.15. The van der Waals surface area contributed by atoms with Gasteiger partial charge in [0.2, 0.25) is 5.91 Å². The van der Waals surface area contributed by atoms with Crippen molar-refractivity contribution >= 4 is 43.1 Å². The van der Waals surface area contributed by atoms with Gasteiger partial charge in [0.15, 0.2) is 0 Å². The Morgan fingerprint density at radius 1 is 0.963 bits per heavy atom. The molecule has 6 nitrogen and oxygen atoms in total. The molecule has 27 heavy (non-hydrogen) atoms. The summed E-state index contributed by atoms with van der Waals surface area (Å²) in [6, 6.07) is 1.15. The Morgan fingerprint density at radius 2 is 1.63 bits per heavy atom. The molecule has 3 saturated heterocycles. The highest BCUT2D eigenvalue weighted by molar-refractivity contribution is 5.86. The van der Waals surface area contributed by atoms with Gasteiger partial charge in [-0.05, 0) is 52.4 Å². The van der Waals surface area contributed by atoms with Crippen LogP contribution in [0.25, 0.3) is 0 Å². The summed E-state index contributed by atoms with van der Waals surface area (Å²) in [4.78, 5) is 19.3. The molecule has 0 radical (unpaired) electrons. The number of piperidine rings is 2. The minimum absolute atomic E-state index is 0. The van der Waals surface area contributed by atoms with Crippen molar-refractivity contribution in [2.45, 2.75) is 44.2 Å². The molecule has 0 bridgehead atoms. The van der Waals surface area contributed by atoms with E-state index in [2.05, 4.69) is 22.2 Å². The van der Waals surface area contributed by atoms with Gasteiger partial charge in [0.1, 0.15) is 6.61 Å². The molecule has 3 aliphatic rings. The molecule has 0 aromatic heterocycles. The van der Waals surface area contributed by atoms with Crippen LogP contribution in [0.4, 0.5) is 0 Å². The SMILES string of the molecule is CN1CCC(N2CCN(C(=O)COCC3CCCCN3)CC2)CC1.Cl.Cl.Cl. The standard InChI is InChI=1S/C18H34N4O2.3ClH/c1-20-8-5-17(6-9-20)21-10-12-22(13-11-21)18(23)15-24-14-16-4-2-3-7-19-16;;;/h16-17,19H,2-15H2,1H3;3*1H. The van der Waals surface area contributed by atoms with E-state index in [-0.39, 0.29) is 49.7 Å². The Bertz CT molecular complexity index is 398. The van der Waals surface area contributed by atoms with Gasteiger partial charge < -0.3 is 19.9 Å². The van der Waals surface area contributed by atoms with E-state index in [0.717, 1.165) is 32.7 Å². The van der Waals surface area contributed by atoms with Gasteiger partial charge in [0.25, 0.3) is 0 Å². The lowest BCUT2D eigenvalue weighted by Crippen LogP contribution is -2.54. The fourth-order valence-electron chi connectivity index (χ4n) is 4.14. The van der Waals surface area contributed by atoms with Crippen LogP contribution in [0, 0.1) is 0 Å².